The van der Waals surface area contributed by atoms with Crippen molar-refractivity contribution in [3.63, 3.8) is 0 Å². The lowest BCUT2D eigenvalue weighted by atomic mass is 9.86. The molecule has 2 atom stereocenters. The lowest BCUT2D eigenvalue weighted by molar-refractivity contribution is 1.50. The quantitative estimate of drug-likeness (QED) is 0.261. The third-order valence-corrected chi connectivity index (χ3v) is 4.50. The molecule has 4 rings (SSSR count). The molecule has 0 aliphatic rings. The zero-order valence-electron chi connectivity index (χ0n) is 16.0. The first-order chi connectivity index (χ1) is 12.9. The molecule has 0 amide bonds. The molecule has 0 fully saturated rings. The summed E-state index contributed by atoms with van der Waals surface area (Å²) in [5.41, 5.74) is 7.40. The smallest absolute Gasteiger partial charge is 0.00268 e. The largest absolute Gasteiger partial charge is 0.153 e. The molecule has 2 heteroatoms. The van der Waals surface area contributed by atoms with Crippen LogP contribution < -0.4 is 0 Å². The van der Waals surface area contributed by atoms with Gasteiger partial charge >= 0.3 is 0 Å². The standard InChI is InChI=1S/C26H20.2H3P/c1-5-13-21(14-6-1)25(22-15-7-2-8-16-22)26(23-17-9-3-10-18-23)24-19-11-4-12-20-24;;/h1-20H;2*1H3. The Bertz CT molecular complexity index is 825. The topological polar surface area (TPSA) is 0 Å². The highest BCUT2D eigenvalue weighted by molar-refractivity contribution is 6.92. The lowest BCUT2D eigenvalue weighted by Gasteiger charge is -2.18. The second-order valence-electron chi connectivity index (χ2n) is 6.21. The van der Waals surface area contributed by atoms with E-state index < -0.39 is 0 Å². The Balaban J connectivity index is 0.00000140. The molecule has 0 aromatic heterocycles. The van der Waals surface area contributed by atoms with Gasteiger partial charge in [-0.3, -0.25) is 0 Å². The van der Waals surface area contributed by atoms with Crippen LogP contribution in [-0.2, 0) is 0 Å². The van der Waals surface area contributed by atoms with E-state index in [0.717, 1.165) is 0 Å². The van der Waals surface area contributed by atoms with E-state index >= 15 is 0 Å². The predicted octanol–water partition coefficient (Wildman–Crippen LogP) is 6.81. The van der Waals surface area contributed by atoms with Gasteiger partial charge in [-0.15, -0.1) is 0 Å². The van der Waals surface area contributed by atoms with Gasteiger partial charge in [0, 0.05) is 0 Å². The van der Waals surface area contributed by atoms with Crippen molar-refractivity contribution in [2.75, 3.05) is 0 Å². The van der Waals surface area contributed by atoms with Crippen LogP contribution in [0.1, 0.15) is 22.3 Å². The molecular weight excluding hydrogens is 374 g/mol. The van der Waals surface area contributed by atoms with Gasteiger partial charge in [-0.2, -0.15) is 19.8 Å². The summed E-state index contributed by atoms with van der Waals surface area (Å²) in [5, 5.41) is 0. The van der Waals surface area contributed by atoms with Crippen LogP contribution in [0.2, 0.25) is 0 Å². The molecule has 0 aliphatic heterocycles. The van der Waals surface area contributed by atoms with Gasteiger partial charge in [0.05, 0.1) is 0 Å². The van der Waals surface area contributed by atoms with Crippen LogP contribution in [0.15, 0.2) is 121 Å². The maximum Gasteiger partial charge on any atom is -0.00268 e. The van der Waals surface area contributed by atoms with Gasteiger partial charge in [0.15, 0.2) is 0 Å². The molecule has 0 aliphatic carbocycles. The van der Waals surface area contributed by atoms with Crippen molar-refractivity contribution in [3.8, 4) is 0 Å². The summed E-state index contributed by atoms with van der Waals surface area (Å²) in [6.45, 7) is 0. The van der Waals surface area contributed by atoms with E-state index in [2.05, 4.69) is 121 Å². The van der Waals surface area contributed by atoms with Crippen molar-refractivity contribution in [3.05, 3.63) is 144 Å². The molecule has 0 saturated heterocycles. The van der Waals surface area contributed by atoms with E-state index in [0.29, 0.717) is 0 Å². The zero-order chi connectivity index (χ0) is 17.6. The SMILES string of the molecule is P.P.c1ccc(C(=C(c2ccccc2)c2ccccc2)c2ccccc2)cc1. The minimum atomic E-state index is 0. The van der Waals surface area contributed by atoms with Gasteiger partial charge in [0.2, 0.25) is 0 Å². The van der Waals surface area contributed by atoms with Crippen LogP contribution in [0.3, 0.4) is 0 Å². The van der Waals surface area contributed by atoms with Crippen molar-refractivity contribution >= 4 is 30.9 Å². The van der Waals surface area contributed by atoms with Crippen LogP contribution in [-0.4, -0.2) is 0 Å². The first kappa shape index (κ1) is 21.8. The fraction of sp³-hybridized carbons (Fsp3) is 0. The summed E-state index contributed by atoms with van der Waals surface area (Å²) in [7, 11) is 0. The average Bonchev–Trinajstić information content (AvgIpc) is 2.74. The molecule has 2 unspecified atom stereocenters. The van der Waals surface area contributed by atoms with Crippen LogP contribution in [0, 0.1) is 0 Å². The Labute approximate surface area is 174 Å². The Hall–Kier alpha value is -2.52. The molecular formula is C26H26P2. The maximum atomic E-state index is 2.19. The van der Waals surface area contributed by atoms with Crippen LogP contribution in [0.4, 0.5) is 0 Å². The third-order valence-electron chi connectivity index (χ3n) is 4.50. The van der Waals surface area contributed by atoms with E-state index in [4.69, 9.17) is 0 Å². The van der Waals surface area contributed by atoms with Crippen LogP contribution >= 0.6 is 19.8 Å². The molecule has 140 valence electrons. The van der Waals surface area contributed by atoms with Crippen LogP contribution in [0.5, 0.6) is 0 Å². The van der Waals surface area contributed by atoms with E-state index in [1.807, 2.05) is 0 Å². The van der Waals surface area contributed by atoms with Gasteiger partial charge in [0.1, 0.15) is 0 Å². The minimum Gasteiger partial charge on any atom is -0.153 e. The predicted molar refractivity (Wildman–Crippen MR) is 133 cm³/mol. The molecule has 0 N–H and O–H groups in total. The Morgan fingerprint density at radius 1 is 0.286 bits per heavy atom. The van der Waals surface area contributed by atoms with Gasteiger partial charge in [0.25, 0.3) is 0 Å². The van der Waals surface area contributed by atoms with Crippen molar-refractivity contribution in [1.29, 1.82) is 0 Å². The van der Waals surface area contributed by atoms with E-state index in [1.165, 1.54) is 33.4 Å². The summed E-state index contributed by atoms with van der Waals surface area (Å²) in [6.07, 6.45) is 0. The number of hydrogen-bond acceptors (Lipinski definition) is 0. The van der Waals surface area contributed by atoms with Gasteiger partial charge in [-0.1, -0.05) is 121 Å². The first-order valence-corrected chi connectivity index (χ1v) is 8.89. The number of benzene rings is 4. The summed E-state index contributed by atoms with van der Waals surface area (Å²) in [5.74, 6) is 0. The van der Waals surface area contributed by atoms with Gasteiger partial charge in [-0.05, 0) is 33.4 Å². The summed E-state index contributed by atoms with van der Waals surface area (Å²) < 4.78 is 0. The highest BCUT2D eigenvalue weighted by atomic mass is 31.0. The monoisotopic (exact) mass is 400 g/mol. The molecule has 0 nitrogen and oxygen atoms in total. The maximum absolute atomic E-state index is 2.19. The zero-order valence-corrected chi connectivity index (χ0v) is 18.8. The van der Waals surface area contributed by atoms with E-state index in [9.17, 15) is 0 Å². The van der Waals surface area contributed by atoms with Crippen LogP contribution in [0.25, 0.3) is 11.1 Å². The molecule has 0 radical (unpaired) electrons. The van der Waals surface area contributed by atoms with Crippen molar-refractivity contribution in [2.24, 2.45) is 0 Å². The van der Waals surface area contributed by atoms with Gasteiger partial charge < -0.3 is 0 Å². The first-order valence-electron chi connectivity index (χ1n) is 8.89. The Kier molecular flexibility index (Phi) is 8.34. The lowest BCUT2D eigenvalue weighted by Crippen LogP contribution is -1.97. The van der Waals surface area contributed by atoms with E-state index in [-0.39, 0.29) is 19.8 Å². The fourth-order valence-corrected chi connectivity index (χ4v) is 3.33. The number of hydrogen-bond donors (Lipinski definition) is 0. The minimum absolute atomic E-state index is 0. The van der Waals surface area contributed by atoms with Crippen molar-refractivity contribution in [1.82, 2.24) is 0 Å². The average molecular weight is 400 g/mol. The summed E-state index contributed by atoms with van der Waals surface area (Å²) in [4.78, 5) is 0. The van der Waals surface area contributed by atoms with Crippen molar-refractivity contribution in [2.45, 2.75) is 0 Å². The van der Waals surface area contributed by atoms with Crippen molar-refractivity contribution < 1.29 is 0 Å². The summed E-state index contributed by atoms with van der Waals surface area (Å²) in [6, 6.07) is 42.6. The molecule has 4 aromatic carbocycles. The molecule has 28 heavy (non-hydrogen) atoms. The summed E-state index contributed by atoms with van der Waals surface area (Å²) >= 11 is 0. The molecule has 4 aromatic rings. The molecule has 0 saturated carbocycles. The fourth-order valence-electron chi connectivity index (χ4n) is 3.33. The Morgan fingerprint density at radius 2 is 0.464 bits per heavy atom. The number of rotatable bonds is 4. The van der Waals surface area contributed by atoms with Gasteiger partial charge in [-0.25, -0.2) is 0 Å². The van der Waals surface area contributed by atoms with E-state index in [1.54, 1.807) is 0 Å². The second kappa shape index (κ2) is 10.7. The second-order valence-corrected chi connectivity index (χ2v) is 6.21. The molecule has 0 spiro atoms. The highest BCUT2D eigenvalue weighted by Gasteiger charge is 2.15. The molecule has 0 heterocycles. The highest BCUT2D eigenvalue weighted by Crippen LogP contribution is 2.36. The normalized spacial score (nSPS) is 9.57. The molecule has 0 bridgehead atoms. The Morgan fingerprint density at radius 3 is 0.643 bits per heavy atom. The third kappa shape index (κ3) is 4.85.